The van der Waals surface area contributed by atoms with Crippen LogP contribution >= 0.6 is 0 Å². The predicted octanol–water partition coefficient (Wildman–Crippen LogP) is 2.76. The van der Waals surface area contributed by atoms with E-state index in [0.29, 0.717) is 6.07 Å². The first-order valence-corrected chi connectivity index (χ1v) is 5.55. The SMILES string of the molecule is O=CC1CCC1CC(=O)c1ccc(F)cc1F. The summed E-state index contributed by atoms with van der Waals surface area (Å²) in [6.07, 6.45) is 2.62. The number of carbonyl (C=O) groups excluding carboxylic acids is 2. The molecule has 90 valence electrons. The minimum absolute atomic E-state index is 0.0180. The van der Waals surface area contributed by atoms with E-state index >= 15 is 0 Å². The van der Waals surface area contributed by atoms with Crippen LogP contribution in [0.4, 0.5) is 8.78 Å². The standard InChI is InChI=1S/C13H12F2O2/c14-10-3-4-11(12(15)6-10)13(17)5-8-1-2-9(8)7-16/h3-4,6-9H,1-2,5H2. The van der Waals surface area contributed by atoms with E-state index < -0.39 is 11.6 Å². The zero-order valence-electron chi connectivity index (χ0n) is 9.16. The lowest BCUT2D eigenvalue weighted by molar-refractivity contribution is -0.115. The average Bonchev–Trinajstić information content (AvgIpc) is 2.24. The zero-order chi connectivity index (χ0) is 12.4. The Hall–Kier alpha value is -1.58. The molecule has 0 radical (unpaired) electrons. The van der Waals surface area contributed by atoms with Gasteiger partial charge in [0.1, 0.15) is 17.9 Å². The van der Waals surface area contributed by atoms with Crippen molar-refractivity contribution in [2.75, 3.05) is 0 Å². The van der Waals surface area contributed by atoms with Crippen LogP contribution in [0.25, 0.3) is 0 Å². The van der Waals surface area contributed by atoms with E-state index in [1.54, 1.807) is 0 Å². The summed E-state index contributed by atoms with van der Waals surface area (Å²) in [6, 6.07) is 2.92. The molecule has 0 amide bonds. The second-order valence-corrected chi connectivity index (χ2v) is 4.39. The Morgan fingerprint density at radius 2 is 2.12 bits per heavy atom. The third-order valence-corrected chi connectivity index (χ3v) is 3.33. The van der Waals surface area contributed by atoms with E-state index in [9.17, 15) is 18.4 Å². The summed E-state index contributed by atoms with van der Waals surface area (Å²) >= 11 is 0. The van der Waals surface area contributed by atoms with Gasteiger partial charge >= 0.3 is 0 Å². The van der Waals surface area contributed by atoms with Gasteiger partial charge in [0.15, 0.2) is 5.78 Å². The van der Waals surface area contributed by atoms with Gasteiger partial charge in [0.2, 0.25) is 0 Å². The van der Waals surface area contributed by atoms with Crippen LogP contribution in [-0.2, 0) is 4.79 Å². The van der Waals surface area contributed by atoms with Crippen molar-refractivity contribution < 1.29 is 18.4 Å². The third-order valence-electron chi connectivity index (χ3n) is 3.33. The highest BCUT2D eigenvalue weighted by Crippen LogP contribution is 2.36. The number of ketones is 1. The molecule has 1 aromatic carbocycles. The molecule has 2 atom stereocenters. The minimum Gasteiger partial charge on any atom is -0.303 e. The van der Waals surface area contributed by atoms with Gasteiger partial charge in [-0.1, -0.05) is 0 Å². The van der Waals surface area contributed by atoms with Crippen molar-refractivity contribution in [1.29, 1.82) is 0 Å². The van der Waals surface area contributed by atoms with Gasteiger partial charge in [0.25, 0.3) is 0 Å². The van der Waals surface area contributed by atoms with Crippen molar-refractivity contribution in [2.24, 2.45) is 11.8 Å². The highest BCUT2D eigenvalue weighted by Gasteiger charge is 2.32. The molecule has 1 saturated carbocycles. The molecule has 0 saturated heterocycles. The van der Waals surface area contributed by atoms with Crippen molar-refractivity contribution in [3.63, 3.8) is 0 Å². The molecule has 0 bridgehead atoms. The summed E-state index contributed by atoms with van der Waals surface area (Å²) in [5, 5.41) is 0. The van der Waals surface area contributed by atoms with Gasteiger partial charge in [-0.25, -0.2) is 8.78 Å². The lowest BCUT2D eigenvalue weighted by Gasteiger charge is -2.31. The van der Waals surface area contributed by atoms with Crippen LogP contribution in [0.5, 0.6) is 0 Å². The summed E-state index contributed by atoms with van der Waals surface area (Å²) in [4.78, 5) is 22.4. The van der Waals surface area contributed by atoms with Gasteiger partial charge in [0.05, 0.1) is 5.56 Å². The van der Waals surface area contributed by atoms with Crippen LogP contribution in [0.1, 0.15) is 29.6 Å². The Labute approximate surface area is 97.6 Å². The quantitative estimate of drug-likeness (QED) is 0.597. The first kappa shape index (κ1) is 11.9. The van der Waals surface area contributed by atoms with E-state index in [2.05, 4.69) is 0 Å². The monoisotopic (exact) mass is 238 g/mol. The smallest absolute Gasteiger partial charge is 0.166 e. The molecular weight excluding hydrogens is 226 g/mol. The molecule has 2 nitrogen and oxygen atoms in total. The molecule has 0 aliphatic heterocycles. The summed E-state index contributed by atoms with van der Waals surface area (Å²) in [7, 11) is 0. The normalized spacial score (nSPS) is 22.9. The number of halogens is 2. The zero-order valence-corrected chi connectivity index (χ0v) is 9.16. The van der Waals surface area contributed by atoms with Crippen LogP contribution < -0.4 is 0 Å². The van der Waals surface area contributed by atoms with Crippen LogP contribution in [0, 0.1) is 23.5 Å². The van der Waals surface area contributed by atoms with Crippen molar-refractivity contribution >= 4 is 12.1 Å². The minimum atomic E-state index is -0.836. The van der Waals surface area contributed by atoms with E-state index in [-0.39, 0.29) is 29.6 Å². The van der Waals surface area contributed by atoms with Crippen LogP contribution in [0.2, 0.25) is 0 Å². The number of benzene rings is 1. The fourth-order valence-corrected chi connectivity index (χ4v) is 2.09. The number of hydrogen-bond donors (Lipinski definition) is 0. The van der Waals surface area contributed by atoms with Crippen LogP contribution in [-0.4, -0.2) is 12.1 Å². The van der Waals surface area contributed by atoms with E-state index in [1.807, 2.05) is 0 Å². The number of carbonyl (C=O) groups is 2. The molecule has 1 aliphatic rings. The average molecular weight is 238 g/mol. The molecule has 1 aromatic rings. The summed E-state index contributed by atoms with van der Waals surface area (Å²) in [5.41, 5.74) is -0.0945. The maximum Gasteiger partial charge on any atom is 0.166 e. The summed E-state index contributed by atoms with van der Waals surface area (Å²) < 4.78 is 26.0. The molecule has 2 rings (SSSR count). The molecular formula is C13H12F2O2. The van der Waals surface area contributed by atoms with Crippen molar-refractivity contribution in [3.8, 4) is 0 Å². The molecule has 0 aromatic heterocycles. The third kappa shape index (κ3) is 2.40. The first-order valence-electron chi connectivity index (χ1n) is 5.55. The molecule has 1 fully saturated rings. The van der Waals surface area contributed by atoms with Crippen LogP contribution in [0.15, 0.2) is 18.2 Å². The Kier molecular flexibility index (Phi) is 3.31. The first-order chi connectivity index (χ1) is 8.11. The summed E-state index contributed by atoms with van der Waals surface area (Å²) in [6.45, 7) is 0. The number of rotatable bonds is 4. The Balaban J connectivity index is 2.07. The number of Topliss-reactive ketones (excluding diaryl/α,β-unsaturated/α-hetero) is 1. The van der Waals surface area contributed by atoms with Gasteiger partial charge in [-0.3, -0.25) is 4.79 Å². The van der Waals surface area contributed by atoms with E-state index in [0.717, 1.165) is 31.3 Å². The molecule has 4 heteroatoms. The molecule has 0 spiro atoms. The Morgan fingerprint density at radius 3 is 2.65 bits per heavy atom. The number of aldehydes is 1. The van der Waals surface area contributed by atoms with Gasteiger partial charge < -0.3 is 4.79 Å². The lowest BCUT2D eigenvalue weighted by atomic mass is 9.71. The molecule has 0 N–H and O–H groups in total. The number of hydrogen-bond acceptors (Lipinski definition) is 2. The molecule has 0 heterocycles. The highest BCUT2D eigenvalue weighted by atomic mass is 19.1. The summed E-state index contributed by atoms with van der Waals surface area (Å²) in [5.74, 6) is -1.96. The van der Waals surface area contributed by atoms with Crippen molar-refractivity contribution in [3.05, 3.63) is 35.4 Å². The van der Waals surface area contributed by atoms with E-state index in [4.69, 9.17) is 0 Å². The molecule has 1 aliphatic carbocycles. The highest BCUT2D eigenvalue weighted by molar-refractivity contribution is 5.96. The van der Waals surface area contributed by atoms with Crippen LogP contribution in [0.3, 0.4) is 0 Å². The lowest BCUT2D eigenvalue weighted by Crippen LogP contribution is -2.29. The fourth-order valence-electron chi connectivity index (χ4n) is 2.09. The largest absolute Gasteiger partial charge is 0.303 e. The topological polar surface area (TPSA) is 34.1 Å². The van der Waals surface area contributed by atoms with Gasteiger partial charge in [-0.2, -0.15) is 0 Å². The Morgan fingerprint density at radius 1 is 1.35 bits per heavy atom. The molecule has 17 heavy (non-hydrogen) atoms. The fraction of sp³-hybridized carbons (Fsp3) is 0.385. The second kappa shape index (κ2) is 4.73. The van der Waals surface area contributed by atoms with Gasteiger partial charge in [-0.15, -0.1) is 0 Å². The maximum absolute atomic E-state index is 13.3. The van der Waals surface area contributed by atoms with Crippen molar-refractivity contribution in [2.45, 2.75) is 19.3 Å². The Bertz CT molecular complexity index is 457. The molecule has 2 unspecified atom stereocenters. The van der Waals surface area contributed by atoms with Gasteiger partial charge in [0, 0.05) is 18.4 Å². The van der Waals surface area contributed by atoms with E-state index in [1.165, 1.54) is 0 Å². The second-order valence-electron chi connectivity index (χ2n) is 4.39. The van der Waals surface area contributed by atoms with Crippen molar-refractivity contribution in [1.82, 2.24) is 0 Å². The predicted molar refractivity (Wildman–Crippen MR) is 57.6 cm³/mol. The van der Waals surface area contributed by atoms with Gasteiger partial charge in [-0.05, 0) is 30.9 Å². The maximum atomic E-state index is 13.3.